The molecule has 2 aromatic rings. The van der Waals surface area contributed by atoms with Crippen molar-refractivity contribution in [1.29, 1.82) is 0 Å². The van der Waals surface area contributed by atoms with E-state index in [4.69, 9.17) is 4.74 Å². The zero-order valence-electron chi connectivity index (χ0n) is 15.0. The van der Waals surface area contributed by atoms with Crippen LogP contribution in [0.4, 0.5) is 13.2 Å². The average molecular weight is 404 g/mol. The summed E-state index contributed by atoms with van der Waals surface area (Å²) in [4.78, 5) is 26.9. The molecule has 1 fully saturated rings. The fourth-order valence-electron chi connectivity index (χ4n) is 3.12. The lowest BCUT2D eigenvalue weighted by molar-refractivity contribution is -0.150. The first-order valence-electron chi connectivity index (χ1n) is 8.26. The van der Waals surface area contributed by atoms with Crippen molar-refractivity contribution in [1.82, 2.24) is 14.6 Å². The lowest BCUT2D eigenvalue weighted by Crippen LogP contribution is -2.40. The van der Waals surface area contributed by atoms with E-state index < -0.39 is 29.4 Å². The minimum atomic E-state index is -4.43. The van der Waals surface area contributed by atoms with E-state index in [-0.39, 0.29) is 25.0 Å². The molecule has 0 radical (unpaired) electrons. The molecule has 0 aromatic carbocycles. The van der Waals surface area contributed by atoms with Crippen LogP contribution in [0.15, 0.2) is 14.7 Å². The molecular weight excluding hydrogens is 385 g/mol. The topological polar surface area (TPSA) is 77.6 Å². The van der Waals surface area contributed by atoms with E-state index in [1.54, 1.807) is 14.0 Å². The van der Waals surface area contributed by atoms with E-state index >= 15 is 0 Å². The predicted octanol–water partition coefficient (Wildman–Crippen LogP) is 1.86. The zero-order chi connectivity index (χ0) is 19.9. The van der Waals surface area contributed by atoms with Crippen molar-refractivity contribution in [2.45, 2.75) is 32.1 Å². The molecular formula is C16H19F3N4O3S. The summed E-state index contributed by atoms with van der Waals surface area (Å²) < 4.78 is 46.1. The van der Waals surface area contributed by atoms with Gasteiger partial charge in [-0.05, 0) is 18.9 Å². The highest BCUT2D eigenvalue weighted by Gasteiger charge is 2.57. The molecule has 2 aromatic heterocycles. The number of thiophene rings is 1. The fourth-order valence-corrected chi connectivity index (χ4v) is 4.31. The van der Waals surface area contributed by atoms with Gasteiger partial charge in [-0.25, -0.2) is 4.79 Å². The van der Waals surface area contributed by atoms with Gasteiger partial charge < -0.3 is 10.2 Å². The van der Waals surface area contributed by atoms with Crippen molar-refractivity contribution in [2.75, 3.05) is 20.8 Å². The number of aryl methyl sites for hydroxylation is 1. The Kier molecular flexibility index (Phi) is 5.17. The first-order valence-corrected chi connectivity index (χ1v) is 9.07. The maximum atomic E-state index is 13.0. The first kappa shape index (κ1) is 19.6. The summed E-state index contributed by atoms with van der Waals surface area (Å²) in [5, 5.41) is 4.17. The van der Waals surface area contributed by atoms with Crippen LogP contribution in [0.5, 0.6) is 0 Å². The van der Waals surface area contributed by atoms with Crippen molar-refractivity contribution in [3.05, 3.63) is 31.3 Å². The Labute approximate surface area is 156 Å². The monoisotopic (exact) mass is 404 g/mol. The van der Waals surface area contributed by atoms with Gasteiger partial charge in [0, 0.05) is 14.2 Å². The van der Waals surface area contributed by atoms with Crippen LogP contribution in [-0.4, -0.2) is 42.3 Å². The number of fused-ring (bicyclic) bond motifs is 1. The third-order valence-electron chi connectivity index (χ3n) is 4.62. The second kappa shape index (κ2) is 7.12. The molecule has 3 rings (SSSR count). The van der Waals surface area contributed by atoms with Crippen molar-refractivity contribution >= 4 is 27.8 Å². The highest BCUT2D eigenvalue weighted by Crippen LogP contribution is 2.52. The second-order valence-corrected chi connectivity index (χ2v) is 7.34. The van der Waals surface area contributed by atoms with Gasteiger partial charge in [0.2, 0.25) is 0 Å². The van der Waals surface area contributed by atoms with E-state index in [2.05, 4.69) is 10.5 Å². The highest BCUT2D eigenvalue weighted by molar-refractivity contribution is 7.20. The Morgan fingerprint density at radius 3 is 2.67 bits per heavy atom. The standard InChI is InChI=1S/C16H19F3N4O3S/c1-8-11(7-21-20-2)27-14-12(8)13(24)23(10-6-9(10)16(17,18)19)15(25)22(14)4-5-26-3/h7,9-10,20H,4-6H2,1-3H3/b21-7+. The Hall–Kier alpha value is -2.14. The number of aromatic nitrogens is 2. The van der Waals surface area contributed by atoms with E-state index in [9.17, 15) is 22.8 Å². The summed E-state index contributed by atoms with van der Waals surface area (Å²) in [7, 11) is 3.08. The van der Waals surface area contributed by atoms with Crippen LogP contribution in [-0.2, 0) is 11.3 Å². The van der Waals surface area contributed by atoms with Crippen LogP contribution in [0.3, 0.4) is 0 Å². The summed E-state index contributed by atoms with van der Waals surface area (Å²) in [5.74, 6) is -1.67. The van der Waals surface area contributed by atoms with Gasteiger partial charge in [0.25, 0.3) is 5.56 Å². The molecule has 1 aliphatic carbocycles. The predicted molar refractivity (Wildman–Crippen MR) is 96.8 cm³/mol. The maximum Gasteiger partial charge on any atom is 0.393 e. The number of alkyl halides is 3. The molecule has 27 heavy (non-hydrogen) atoms. The van der Waals surface area contributed by atoms with Gasteiger partial charge in [0.15, 0.2) is 0 Å². The van der Waals surface area contributed by atoms with Gasteiger partial charge in [-0.15, -0.1) is 11.3 Å². The normalized spacial score (nSPS) is 19.9. The van der Waals surface area contributed by atoms with Crippen LogP contribution in [0.1, 0.15) is 22.9 Å². The summed E-state index contributed by atoms with van der Waals surface area (Å²) in [6, 6.07) is -1.16. The Balaban J connectivity index is 2.25. The van der Waals surface area contributed by atoms with Gasteiger partial charge in [-0.2, -0.15) is 18.3 Å². The second-order valence-electron chi connectivity index (χ2n) is 6.31. The minimum Gasteiger partial charge on any atom is -0.383 e. The van der Waals surface area contributed by atoms with Crippen LogP contribution in [0.2, 0.25) is 0 Å². The molecule has 0 saturated heterocycles. The SMILES string of the molecule is CN/N=C/c1sc2c(c1C)c(=O)n(C1CC1C(F)(F)F)c(=O)n2CCOC. The maximum absolute atomic E-state index is 13.0. The molecule has 7 nitrogen and oxygen atoms in total. The van der Waals surface area contributed by atoms with Crippen molar-refractivity contribution in [3.8, 4) is 0 Å². The molecule has 0 amide bonds. The summed E-state index contributed by atoms with van der Waals surface area (Å²) >= 11 is 1.20. The Morgan fingerprint density at radius 1 is 1.41 bits per heavy atom. The quantitative estimate of drug-likeness (QED) is 0.589. The average Bonchev–Trinajstić information content (AvgIpc) is 3.32. The molecule has 2 atom stereocenters. The number of rotatable bonds is 6. The number of hydrogen-bond acceptors (Lipinski definition) is 6. The van der Waals surface area contributed by atoms with Gasteiger partial charge in [0.05, 0.1) is 41.6 Å². The Morgan fingerprint density at radius 2 is 2.11 bits per heavy atom. The number of halogens is 3. The summed E-state index contributed by atoms with van der Waals surface area (Å²) in [5.41, 5.74) is 1.77. The fraction of sp³-hybridized carbons (Fsp3) is 0.562. The molecule has 0 bridgehead atoms. The molecule has 1 aliphatic rings. The number of methoxy groups -OCH3 is 1. The zero-order valence-corrected chi connectivity index (χ0v) is 15.8. The number of nitrogens with one attached hydrogen (secondary N) is 1. The lowest BCUT2D eigenvalue weighted by Gasteiger charge is -2.12. The summed E-state index contributed by atoms with van der Waals surface area (Å²) in [6.07, 6.45) is -3.17. The van der Waals surface area contributed by atoms with E-state index in [0.29, 0.717) is 15.3 Å². The minimum absolute atomic E-state index is 0.137. The third kappa shape index (κ3) is 3.41. The van der Waals surface area contributed by atoms with Crippen LogP contribution in [0, 0.1) is 12.8 Å². The summed E-state index contributed by atoms with van der Waals surface area (Å²) in [6.45, 7) is 2.02. The van der Waals surface area contributed by atoms with Gasteiger partial charge in [-0.1, -0.05) is 0 Å². The molecule has 2 heterocycles. The van der Waals surface area contributed by atoms with Gasteiger partial charge >= 0.3 is 11.9 Å². The molecule has 1 N–H and O–H groups in total. The van der Waals surface area contributed by atoms with Gasteiger partial charge in [0.1, 0.15) is 4.83 Å². The van der Waals surface area contributed by atoms with E-state index in [0.717, 1.165) is 4.57 Å². The Bertz CT molecular complexity index is 1010. The highest BCUT2D eigenvalue weighted by atomic mass is 32.1. The number of nitrogens with zero attached hydrogens (tertiary/aromatic N) is 3. The van der Waals surface area contributed by atoms with Crippen molar-refractivity contribution in [3.63, 3.8) is 0 Å². The molecule has 1 saturated carbocycles. The molecule has 148 valence electrons. The van der Waals surface area contributed by atoms with Gasteiger partial charge in [-0.3, -0.25) is 13.9 Å². The lowest BCUT2D eigenvalue weighted by atomic mass is 10.2. The van der Waals surface area contributed by atoms with Crippen LogP contribution in [0.25, 0.3) is 10.2 Å². The number of ether oxygens (including phenoxy) is 1. The van der Waals surface area contributed by atoms with Crippen molar-refractivity contribution in [2.24, 2.45) is 11.0 Å². The molecule has 11 heteroatoms. The first-order chi connectivity index (χ1) is 12.7. The van der Waals surface area contributed by atoms with Crippen molar-refractivity contribution < 1.29 is 17.9 Å². The molecule has 0 aliphatic heterocycles. The van der Waals surface area contributed by atoms with Crippen LogP contribution < -0.4 is 16.7 Å². The van der Waals surface area contributed by atoms with E-state index in [1.165, 1.54) is 29.2 Å². The molecule has 2 unspecified atom stereocenters. The number of hydrogen-bond donors (Lipinski definition) is 1. The number of hydrazone groups is 1. The van der Waals surface area contributed by atoms with E-state index in [1.807, 2.05) is 0 Å². The van der Waals surface area contributed by atoms with Crippen LogP contribution >= 0.6 is 11.3 Å². The smallest absolute Gasteiger partial charge is 0.383 e. The third-order valence-corrected chi connectivity index (χ3v) is 5.87. The largest absolute Gasteiger partial charge is 0.393 e. The molecule has 0 spiro atoms.